The second kappa shape index (κ2) is 9.70. The third-order valence-electron chi connectivity index (χ3n) is 5.59. The van der Waals surface area contributed by atoms with Crippen molar-refractivity contribution >= 4 is 17.5 Å². The molecule has 3 N–H and O–H groups in total. The number of benzene rings is 2. The topological polar surface area (TPSA) is 111 Å². The van der Waals surface area contributed by atoms with Crippen molar-refractivity contribution in [2.45, 2.75) is 19.4 Å². The lowest BCUT2D eigenvalue weighted by atomic mass is 10.0. The number of ketones is 1. The zero-order chi connectivity index (χ0) is 23.4. The molecule has 0 radical (unpaired) electrons. The van der Waals surface area contributed by atoms with E-state index in [1.165, 1.54) is 19.1 Å². The molecule has 1 amide bonds. The maximum absolute atomic E-state index is 12.4. The Kier molecular flexibility index (Phi) is 6.55. The molecule has 1 aliphatic heterocycles. The molecule has 0 bridgehead atoms. The fraction of sp³-hybridized carbons (Fsp3) is 0.240. The summed E-state index contributed by atoms with van der Waals surface area (Å²) in [7, 11) is 0. The van der Waals surface area contributed by atoms with Crippen LogP contribution in [0.25, 0.3) is 11.3 Å². The number of aliphatic hydroxyl groups excluding tert-OH is 1. The quantitative estimate of drug-likeness (QED) is 0.425. The summed E-state index contributed by atoms with van der Waals surface area (Å²) in [5.41, 5.74) is 8.00. The summed E-state index contributed by atoms with van der Waals surface area (Å²) in [6, 6.07) is 16.7. The first-order valence-corrected chi connectivity index (χ1v) is 10.8. The lowest BCUT2D eigenvalue weighted by Crippen LogP contribution is -2.27. The molecule has 0 spiro atoms. The van der Waals surface area contributed by atoms with Gasteiger partial charge in [0.15, 0.2) is 5.78 Å². The van der Waals surface area contributed by atoms with E-state index in [0.29, 0.717) is 42.3 Å². The highest BCUT2D eigenvalue weighted by atomic mass is 16.5. The van der Waals surface area contributed by atoms with E-state index in [9.17, 15) is 9.59 Å². The van der Waals surface area contributed by atoms with Gasteiger partial charge in [0, 0.05) is 24.7 Å². The van der Waals surface area contributed by atoms with E-state index >= 15 is 0 Å². The fourth-order valence-electron chi connectivity index (χ4n) is 3.98. The molecule has 0 unspecified atom stereocenters. The van der Waals surface area contributed by atoms with Crippen LogP contribution in [0.1, 0.15) is 29.7 Å². The molecule has 170 valence electrons. The van der Waals surface area contributed by atoms with Gasteiger partial charge in [-0.15, -0.1) is 0 Å². The number of amides is 1. The molecule has 8 nitrogen and oxygen atoms in total. The van der Waals surface area contributed by atoms with Gasteiger partial charge in [0.25, 0.3) is 0 Å². The Morgan fingerprint density at radius 1 is 1.15 bits per heavy atom. The van der Waals surface area contributed by atoms with Gasteiger partial charge in [-0.25, -0.2) is 4.68 Å². The molecule has 2 aromatic carbocycles. The monoisotopic (exact) mass is 446 g/mol. The number of anilines is 1. The summed E-state index contributed by atoms with van der Waals surface area (Å²) in [6.45, 7) is 2.27. The maximum atomic E-state index is 12.4. The van der Waals surface area contributed by atoms with Gasteiger partial charge >= 0.3 is 0 Å². The van der Waals surface area contributed by atoms with Gasteiger partial charge in [-0.05, 0) is 49.7 Å². The maximum Gasteiger partial charge on any atom is 0.246 e. The number of hydrogen-bond donors (Lipinski definition) is 2. The highest BCUT2D eigenvalue weighted by Gasteiger charge is 2.31. The minimum Gasteiger partial charge on any atom is -0.457 e. The van der Waals surface area contributed by atoms with E-state index < -0.39 is 0 Å². The van der Waals surface area contributed by atoms with Gasteiger partial charge in [-0.3, -0.25) is 9.59 Å². The van der Waals surface area contributed by atoms with E-state index in [0.717, 1.165) is 11.3 Å². The van der Waals surface area contributed by atoms with Crippen molar-refractivity contribution in [3.05, 3.63) is 72.3 Å². The van der Waals surface area contributed by atoms with Gasteiger partial charge in [-0.1, -0.05) is 24.3 Å². The minimum absolute atomic E-state index is 0.135. The molecule has 3 aromatic rings. The third kappa shape index (κ3) is 4.80. The number of hydrogen-bond acceptors (Lipinski definition) is 6. The molecule has 0 aliphatic carbocycles. The summed E-state index contributed by atoms with van der Waals surface area (Å²) in [5, 5.41) is 13.6. The number of ether oxygens (including phenoxy) is 1. The van der Waals surface area contributed by atoms with Gasteiger partial charge in [0.1, 0.15) is 23.0 Å². The van der Waals surface area contributed by atoms with Crippen LogP contribution in [-0.4, -0.2) is 51.2 Å². The van der Waals surface area contributed by atoms with Crippen LogP contribution in [0.15, 0.2) is 66.7 Å². The minimum atomic E-state index is -0.185. The lowest BCUT2D eigenvalue weighted by molar-refractivity contribution is -0.125. The van der Waals surface area contributed by atoms with Gasteiger partial charge < -0.3 is 20.5 Å². The van der Waals surface area contributed by atoms with Crippen molar-refractivity contribution in [1.29, 1.82) is 0 Å². The number of nitrogen functional groups attached to an aromatic ring is 1. The van der Waals surface area contributed by atoms with Crippen LogP contribution in [0.5, 0.6) is 11.5 Å². The number of nitrogens with two attached hydrogens (primary N) is 1. The second-order valence-corrected chi connectivity index (χ2v) is 7.86. The smallest absolute Gasteiger partial charge is 0.246 e. The number of nitrogens with zero attached hydrogens (tertiary/aromatic N) is 3. The Hall–Kier alpha value is -3.91. The zero-order valence-corrected chi connectivity index (χ0v) is 18.3. The van der Waals surface area contributed by atoms with Gasteiger partial charge in [-0.2, -0.15) is 5.10 Å². The summed E-state index contributed by atoms with van der Waals surface area (Å²) < 4.78 is 7.50. The van der Waals surface area contributed by atoms with Crippen molar-refractivity contribution in [2.75, 3.05) is 25.4 Å². The molecule has 2 heterocycles. The molecule has 4 rings (SSSR count). The van der Waals surface area contributed by atoms with Crippen LogP contribution in [-0.2, 0) is 4.79 Å². The van der Waals surface area contributed by atoms with Crippen LogP contribution < -0.4 is 10.5 Å². The van der Waals surface area contributed by atoms with E-state index in [2.05, 4.69) is 5.10 Å². The fourth-order valence-corrected chi connectivity index (χ4v) is 3.98. The summed E-state index contributed by atoms with van der Waals surface area (Å²) >= 11 is 0. The van der Waals surface area contributed by atoms with Crippen LogP contribution in [0.2, 0.25) is 0 Å². The number of likely N-dealkylation sites (tertiary alicyclic amines) is 1. The molecule has 1 fully saturated rings. The average Bonchev–Trinajstić information content (AvgIpc) is 3.43. The largest absolute Gasteiger partial charge is 0.457 e. The summed E-state index contributed by atoms with van der Waals surface area (Å²) in [6.07, 6.45) is 3.45. The predicted molar refractivity (Wildman–Crippen MR) is 125 cm³/mol. The SMILES string of the molecule is CC(=O)c1c(-c2ccc(Oc3ccccc3)cc2)nn([C@@H]2CCN(C(=O)/C=C/CO)C2)c1N. The van der Waals surface area contributed by atoms with E-state index in [1.54, 1.807) is 9.58 Å². The Balaban J connectivity index is 1.58. The molecule has 1 aliphatic rings. The molecule has 1 aromatic heterocycles. The average molecular weight is 447 g/mol. The standard InChI is InChI=1S/C25H26N4O4/c1-17(31)23-24(18-9-11-21(12-10-18)33-20-6-3-2-4-7-20)27-29(25(23)26)19-13-14-28(16-19)22(32)8-5-15-30/h2-12,19,30H,13-16,26H2,1H3/b8-5+/t19-/m1/s1. The molecule has 0 saturated carbocycles. The highest BCUT2D eigenvalue weighted by Crippen LogP contribution is 2.34. The Morgan fingerprint density at radius 3 is 2.52 bits per heavy atom. The van der Waals surface area contributed by atoms with Crippen molar-refractivity contribution in [3.63, 3.8) is 0 Å². The Bertz CT molecular complexity index is 1170. The predicted octanol–water partition coefficient (Wildman–Crippen LogP) is 3.45. The third-order valence-corrected chi connectivity index (χ3v) is 5.59. The number of aromatic nitrogens is 2. The van der Waals surface area contributed by atoms with Crippen molar-refractivity contribution in [1.82, 2.24) is 14.7 Å². The first-order chi connectivity index (χ1) is 16.0. The molecular weight excluding hydrogens is 420 g/mol. The number of Topliss-reactive ketones (excluding diaryl/α,β-unsaturated/α-hetero) is 1. The number of carbonyl (C=O) groups excluding carboxylic acids is 2. The molecule has 1 saturated heterocycles. The molecule has 33 heavy (non-hydrogen) atoms. The number of aliphatic hydroxyl groups is 1. The first-order valence-electron chi connectivity index (χ1n) is 10.8. The van der Waals surface area contributed by atoms with Gasteiger partial charge in [0.2, 0.25) is 5.91 Å². The molecule has 8 heteroatoms. The number of para-hydroxylation sites is 1. The highest BCUT2D eigenvalue weighted by molar-refractivity contribution is 6.04. The molecular formula is C25H26N4O4. The second-order valence-electron chi connectivity index (χ2n) is 7.86. The zero-order valence-electron chi connectivity index (χ0n) is 18.3. The Morgan fingerprint density at radius 2 is 1.85 bits per heavy atom. The van der Waals surface area contributed by atoms with Crippen LogP contribution in [0.4, 0.5) is 5.82 Å². The van der Waals surface area contributed by atoms with Gasteiger partial charge in [0.05, 0.1) is 18.2 Å². The summed E-state index contributed by atoms with van der Waals surface area (Å²) in [4.78, 5) is 26.3. The van der Waals surface area contributed by atoms with Crippen molar-refractivity contribution in [3.8, 4) is 22.8 Å². The van der Waals surface area contributed by atoms with Crippen LogP contribution in [0.3, 0.4) is 0 Å². The van der Waals surface area contributed by atoms with Crippen LogP contribution in [0, 0.1) is 0 Å². The van der Waals surface area contributed by atoms with E-state index in [-0.39, 0.29) is 24.3 Å². The van der Waals surface area contributed by atoms with Crippen molar-refractivity contribution in [2.24, 2.45) is 0 Å². The molecule has 1 atom stereocenters. The normalized spacial score (nSPS) is 15.8. The van der Waals surface area contributed by atoms with E-state index in [1.807, 2.05) is 54.6 Å². The van der Waals surface area contributed by atoms with Crippen molar-refractivity contribution < 1.29 is 19.4 Å². The number of carbonyl (C=O) groups is 2. The first kappa shape index (κ1) is 22.3. The van der Waals surface area contributed by atoms with Crippen LogP contribution >= 0.6 is 0 Å². The Labute approximate surface area is 191 Å². The number of rotatable bonds is 7. The lowest BCUT2D eigenvalue weighted by Gasteiger charge is -2.15. The summed E-state index contributed by atoms with van der Waals surface area (Å²) in [5.74, 6) is 1.36. The van der Waals surface area contributed by atoms with E-state index in [4.69, 9.17) is 15.6 Å².